The molecule has 2 N–H and O–H groups in total. The smallest absolute Gasteiger partial charge is 0.0623 e. The fraction of sp³-hybridized carbons (Fsp3) is 1.00. The highest BCUT2D eigenvalue weighted by Crippen LogP contribution is 2.37. The molecule has 0 saturated heterocycles. The summed E-state index contributed by atoms with van der Waals surface area (Å²) in [6.45, 7) is 6.56. The van der Waals surface area contributed by atoms with Crippen LogP contribution in [0.2, 0.25) is 0 Å². The van der Waals surface area contributed by atoms with Gasteiger partial charge in [-0.05, 0) is 30.6 Å². The maximum Gasteiger partial charge on any atom is 0.0623 e. The molecule has 0 spiro atoms. The van der Waals surface area contributed by atoms with Crippen LogP contribution in [0.15, 0.2) is 0 Å². The maximum absolute atomic E-state index is 10.0. The minimum Gasteiger partial charge on any atom is -0.396 e. The van der Waals surface area contributed by atoms with E-state index >= 15 is 0 Å². The monoisotopic (exact) mass is 186 g/mol. The van der Waals surface area contributed by atoms with E-state index in [2.05, 4.69) is 20.8 Å². The Bertz CT molecular complexity index is 154. The molecule has 78 valence electrons. The quantitative estimate of drug-likeness (QED) is 0.688. The summed E-state index contributed by atoms with van der Waals surface area (Å²) < 4.78 is 0. The highest BCUT2D eigenvalue weighted by atomic mass is 16.3. The Labute approximate surface area is 81.0 Å². The van der Waals surface area contributed by atoms with Crippen molar-refractivity contribution in [3.8, 4) is 0 Å². The summed E-state index contributed by atoms with van der Waals surface area (Å²) in [6.07, 6.45) is 1.95. The van der Waals surface area contributed by atoms with E-state index in [9.17, 15) is 10.2 Å². The van der Waals surface area contributed by atoms with Gasteiger partial charge in [-0.15, -0.1) is 0 Å². The van der Waals surface area contributed by atoms with Gasteiger partial charge in [-0.25, -0.2) is 0 Å². The minimum atomic E-state index is -0.297. The van der Waals surface area contributed by atoms with E-state index < -0.39 is 0 Å². The Kier molecular flexibility index (Phi) is 3.74. The van der Waals surface area contributed by atoms with Crippen LogP contribution in [-0.4, -0.2) is 22.9 Å². The van der Waals surface area contributed by atoms with Crippen LogP contribution in [0, 0.1) is 23.7 Å². The fourth-order valence-corrected chi connectivity index (χ4v) is 2.51. The zero-order valence-electron chi connectivity index (χ0n) is 8.90. The number of hydrogen-bond acceptors (Lipinski definition) is 2. The average Bonchev–Trinajstić information content (AvgIpc) is 2.04. The van der Waals surface area contributed by atoms with Crippen molar-refractivity contribution in [1.29, 1.82) is 0 Å². The largest absolute Gasteiger partial charge is 0.396 e. The third-order valence-electron chi connectivity index (χ3n) is 3.63. The van der Waals surface area contributed by atoms with E-state index in [1.165, 1.54) is 0 Å². The van der Waals surface area contributed by atoms with Crippen molar-refractivity contribution in [2.45, 2.75) is 39.7 Å². The first-order chi connectivity index (χ1) is 6.07. The van der Waals surface area contributed by atoms with E-state index in [0.717, 1.165) is 12.8 Å². The lowest BCUT2D eigenvalue weighted by Crippen LogP contribution is -2.42. The summed E-state index contributed by atoms with van der Waals surface area (Å²) in [6, 6.07) is 0. The first-order valence-corrected chi connectivity index (χ1v) is 5.36. The Balaban J connectivity index is 2.63. The van der Waals surface area contributed by atoms with Crippen LogP contribution in [0.3, 0.4) is 0 Å². The third kappa shape index (κ3) is 2.23. The van der Waals surface area contributed by atoms with Crippen molar-refractivity contribution < 1.29 is 10.2 Å². The molecule has 1 aliphatic rings. The molecular formula is C11H22O2. The zero-order chi connectivity index (χ0) is 10.0. The third-order valence-corrected chi connectivity index (χ3v) is 3.63. The molecule has 0 unspecified atom stereocenters. The lowest BCUT2D eigenvalue weighted by molar-refractivity contribution is -0.0481. The van der Waals surface area contributed by atoms with Crippen LogP contribution < -0.4 is 0 Å². The van der Waals surface area contributed by atoms with Crippen LogP contribution >= 0.6 is 0 Å². The van der Waals surface area contributed by atoms with Crippen molar-refractivity contribution in [2.75, 3.05) is 6.61 Å². The molecule has 2 heteroatoms. The molecule has 0 aliphatic heterocycles. The molecule has 4 atom stereocenters. The fourth-order valence-electron chi connectivity index (χ4n) is 2.51. The average molecular weight is 186 g/mol. The van der Waals surface area contributed by atoms with Gasteiger partial charge < -0.3 is 10.2 Å². The van der Waals surface area contributed by atoms with Gasteiger partial charge in [0.25, 0.3) is 0 Å². The van der Waals surface area contributed by atoms with Crippen LogP contribution in [0.5, 0.6) is 0 Å². The zero-order valence-corrected chi connectivity index (χ0v) is 8.90. The van der Waals surface area contributed by atoms with Crippen LogP contribution in [0.1, 0.15) is 33.6 Å². The number of aliphatic hydroxyl groups excluding tert-OH is 2. The molecule has 1 fully saturated rings. The van der Waals surface area contributed by atoms with Crippen LogP contribution in [0.25, 0.3) is 0 Å². The molecule has 2 nitrogen and oxygen atoms in total. The van der Waals surface area contributed by atoms with Crippen LogP contribution in [-0.2, 0) is 0 Å². The molecule has 0 aromatic heterocycles. The van der Waals surface area contributed by atoms with Crippen molar-refractivity contribution in [3.63, 3.8) is 0 Å². The van der Waals surface area contributed by atoms with Crippen LogP contribution in [0.4, 0.5) is 0 Å². The molecule has 0 aromatic carbocycles. The van der Waals surface area contributed by atoms with Crippen molar-refractivity contribution in [1.82, 2.24) is 0 Å². The summed E-state index contributed by atoms with van der Waals surface area (Å²) in [7, 11) is 0. The molecule has 13 heavy (non-hydrogen) atoms. The van der Waals surface area contributed by atoms with Gasteiger partial charge in [0.2, 0.25) is 0 Å². The Morgan fingerprint density at radius 1 is 1.31 bits per heavy atom. The maximum atomic E-state index is 10.0. The van der Waals surface area contributed by atoms with E-state index in [1.807, 2.05) is 0 Å². The van der Waals surface area contributed by atoms with Gasteiger partial charge in [0.1, 0.15) is 0 Å². The van der Waals surface area contributed by atoms with Crippen molar-refractivity contribution >= 4 is 0 Å². The first kappa shape index (κ1) is 11.0. The second-order valence-corrected chi connectivity index (χ2v) is 4.80. The van der Waals surface area contributed by atoms with Gasteiger partial charge in [0, 0.05) is 12.5 Å². The summed E-state index contributed by atoms with van der Waals surface area (Å²) >= 11 is 0. The summed E-state index contributed by atoms with van der Waals surface area (Å²) in [5.41, 5.74) is 0. The summed E-state index contributed by atoms with van der Waals surface area (Å²) in [4.78, 5) is 0. The summed E-state index contributed by atoms with van der Waals surface area (Å²) in [5.74, 6) is 1.47. The molecule has 1 saturated carbocycles. The molecule has 0 aromatic rings. The van der Waals surface area contributed by atoms with Gasteiger partial charge in [0.15, 0.2) is 0 Å². The van der Waals surface area contributed by atoms with E-state index in [0.29, 0.717) is 17.8 Å². The highest BCUT2D eigenvalue weighted by Gasteiger charge is 2.36. The van der Waals surface area contributed by atoms with E-state index in [4.69, 9.17) is 0 Å². The predicted molar refractivity (Wildman–Crippen MR) is 53.3 cm³/mol. The summed E-state index contributed by atoms with van der Waals surface area (Å²) in [5, 5.41) is 19.2. The minimum absolute atomic E-state index is 0.0983. The van der Waals surface area contributed by atoms with Gasteiger partial charge in [0.05, 0.1) is 6.10 Å². The second-order valence-electron chi connectivity index (χ2n) is 4.80. The van der Waals surface area contributed by atoms with Crippen molar-refractivity contribution in [3.05, 3.63) is 0 Å². The molecule has 0 heterocycles. The molecular weight excluding hydrogens is 164 g/mol. The standard InChI is InChI=1S/C11H22O2/c1-7(2)9-5-4-8(3)10(6-12)11(9)13/h7-13H,4-6H2,1-3H3/t8-,9-,10+,11+/m0/s1. The topological polar surface area (TPSA) is 40.5 Å². The number of rotatable bonds is 2. The molecule has 0 bridgehead atoms. The SMILES string of the molecule is CC(C)[C@@H]1CC[C@H](C)[C@@H](CO)[C@@H]1O. The normalized spacial score (nSPS) is 41.1. The number of hydrogen-bond donors (Lipinski definition) is 2. The second kappa shape index (κ2) is 4.43. The molecule has 0 amide bonds. The molecule has 1 rings (SSSR count). The van der Waals surface area contributed by atoms with Crippen molar-refractivity contribution in [2.24, 2.45) is 23.7 Å². The Morgan fingerprint density at radius 2 is 1.92 bits per heavy atom. The lowest BCUT2D eigenvalue weighted by atomic mass is 9.69. The Hall–Kier alpha value is -0.0800. The molecule has 1 aliphatic carbocycles. The van der Waals surface area contributed by atoms with Gasteiger partial charge in [-0.3, -0.25) is 0 Å². The molecule has 0 radical (unpaired) electrons. The number of aliphatic hydroxyl groups is 2. The van der Waals surface area contributed by atoms with E-state index in [1.54, 1.807) is 0 Å². The first-order valence-electron chi connectivity index (χ1n) is 5.36. The predicted octanol–water partition coefficient (Wildman–Crippen LogP) is 1.66. The highest BCUT2D eigenvalue weighted by molar-refractivity contribution is 4.86. The van der Waals surface area contributed by atoms with Gasteiger partial charge in [-0.2, -0.15) is 0 Å². The lowest BCUT2D eigenvalue weighted by Gasteiger charge is -2.40. The van der Waals surface area contributed by atoms with Gasteiger partial charge >= 0.3 is 0 Å². The Morgan fingerprint density at radius 3 is 2.38 bits per heavy atom. The van der Waals surface area contributed by atoms with E-state index in [-0.39, 0.29) is 18.6 Å². The van der Waals surface area contributed by atoms with Gasteiger partial charge in [-0.1, -0.05) is 20.8 Å².